The van der Waals surface area contributed by atoms with E-state index in [0.29, 0.717) is 27.0 Å². The molecule has 0 saturated carbocycles. The van der Waals surface area contributed by atoms with Crippen LogP contribution in [0.3, 0.4) is 0 Å². The molecule has 2 aromatic rings. The summed E-state index contributed by atoms with van der Waals surface area (Å²) in [4.78, 5) is 22.8. The number of aliphatic hydroxyl groups excluding tert-OH is 1. The van der Waals surface area contributed by atoms with E-state index in [1.807, 2.05) is 0 Å². The van der Waals surface area contributed by atoms with Gasteiger partial charge in [-0.25, -0.2) is 9.97 Å². The third-order valence-electron chi connectivity index (χ3n) is 2.62. The minimum atomic E-state index is -0.302. The van der Waals surface area contributed by atoms with Gasteiger partial charge in [0.1, 0.15) is 5.69 Å². The first-order chi connectivity index (χ1) is 9.02. The molecular formula is C12H11Cl2N3O2. The maximum absolute atomic E-state index is 11.9. The van der Waals surface area contributed by atoms with Gasteiger partial charge in [-0.3, -0.25) is 4.79 Å². The fourth-order valence-electron chi connectivity index (χ4n) is 1.72. The summed E-state index contributed by atoms with van der Waals surface area (Å²) in [5.74, 6) is 0.283. The molecule has 0 aliphatic rings. The van der Waals surface area contributed by atoms with Crippen LogP contribution in [-0.2, 0) is 6.42 Å². The van der Waals surface area contributed by atoms with E-state index in [1.54, 1.807) is 6.92 Å². The van der Waals surface area contributed by atoms with Gasteiger partial charge in [0.2, 0.25) is 0 Å². The molecule has 2 heterocycles. The minimum Gasteiger partial charge on any atom is -0.396 e. The zero-order chi connectivity index (χ0) is 14.0. The minimum absolute atomic E-state index is 0.106. The summed E-state index contributed by atoms with van der Waals surface area (Å²) in [5.41, 5.74) is 1.06. The predicted molar refractivity (Wildman–Crippen MR) is 73.6 cm³/mol. The van der Waals surface area contributed by atoms with Gasteiger partial charge in [-0.05, 0) is 13.0 Å². The number of hydrogen-bond acceptors (Lipinski definition) is 4. The number of halogens is 2. The van der Waals surface area contributed by atoms with Gasteiger partial charge in [-0.1, -0.05) is 23.2 Å². The molecule has 0 unspecified atom stereocenters. The second-order valence-electron chi connectivity index (χ2n) is 3.94. The molecule has 0 aromatic carbocycles. The lowest BCUT2D eigenvalue weighted by Gasteiger charge is -2.07. The molecule has 0 atom stereocenters. The van der Waals surface area contributed by atoms with Crippen molar-refractivity contribution in [3.05, 3.63) is 43.9 Å². The molecule has 19 heavy (non-hydrogen) atoms. The van der Waals surface area contributed by atoms with Gasteiger partial charge in [-0.15, -0.1) is 0 Å². The molecule has 7 heteroatoms. The van der Waals surface area contributed by atoms with Crippen molar-refractivity contribution >= 4 is 23.2 Å². The number of rotatable bonds is 3. The molecule has 2 aromatic heterocycles. The van der Waals surface area contributed by atoms with Gasteiger partial charge in [-0.2, -0.15) is 0 Å². The van der Waals surface area contributed by atoms with Crippen molar-refractivity contribution in [2.75, 3.05) is 6.61 Å². The van der Waals surface area contributed by atoms with Gasteiger partial charge >= 0.3 is 0 Å². The average molecular weight is 300 g/mol. The molecular weight excluding hydrogens is 289 g/mol. The van der Waals surface area contributed by atoms with Crippen molar-refractivity contribution in [2.45, 2.75) is 13.3 Å². The number of aryl methyl sites for hydroxylation is 1. The van der Waals surface area contributed by atoms with Gasteiger partial charge in [0.05, 0.1) is 10.0 Å². The molecule has 0 saturated heterocycles. The SMILES string of the molecule is Cc1nc(-c2ncc(Cl)cc2Cl)[nH]c(=O)c1CCO. The highest BCUT2D eigenvalue weighted by Gasteiger charge is 2.12. The van der Waals surface area contributed by atoms with E-state index in [2.05, 4.69) is 15.0 Å². The molecule has 0 aliphatic heterocycles. The Morgan fingerprint density at radius 3 is 2.74 bits per heavy atom. The van der Waals surface area contributed by atoms with Crippen molar-refractivity contribution in [3.63, 3.8) is 0 Å². The van der Waals surface area contributed by atoms with E-state index >= 15 is 0 Å². The summed E-state index contributed by atoms with van der Waals surface area (Å²) in [6.07, 6.45) is 1.69. The summed E-state index contributed by atoms with van der Waals surface area (Å²) < 4.78 is 0. The van der Waals surface area contributed by atoms with Gasteiger partial charge in [0, 0.05) is 30.5 Å². The van der Waals surface area contributed by atoms with Crippen LogP contribution in [0.1, 0.15) is 11.3 Å². The third kappa shape index (κ3) is 2.94. The van der Waals surface area contributed by atoms with Crippen LogP contribution in [0, 0.1) is 6.92 Å². The van der Waals surface area contributed by atoms with Crippen LogP contribution in [0.25, 0.3) is 11.5 Å². The average Bonchev–Trinajstić information content (AvgIpc) is 2.33. The van der Waals surface area contributed by atoms with Crippen molar-refractivity contribution in [1.29, 1.82) is 0 Å². The van der Waals surface area contributed by atoms with Crippen molar-refractivity contribution < 1.29 is 5.11 Å². The number of nitrogens with zero attached hydrogens (tertiary/aromatic N) is 2. The number of aromatic amines is 1. The van der Waals surface area contributed by atoms with Crippen LogP contribution < -0.4 is 5.56 Å². The quantitative estimate of drug-likeness (QED) is 0.908. The maximum atomic E-state index is 11.9. The van der Waals surface area contributed by atoms with Crippen LogP contribution in [0.4, 0.5) is 0 Å². The largest absolute Gasteiger partial charge is 0.396 e. The smallest absolute Gasteiger partial charge is 0.254 e. The van der Waals surface area contributed by atoms with Crippen LogP contribution in [0.15, 0.2) is 17.1 Å². The Hall–Kier alpha value is -1.43. The Labute approximate surface area is 119 Å². The van der Waals surface area contributed by atoms with Crippen LogP contribution in [-0.4, -0.2) is 26.7 Å². The lowest BCUT2D eigenvalue weighted by atomic mass is 10.2. The van der Waals surface area contributed by atoms with Crippen molar-refractivity contribution in [2.24, 2.45) is 0 Å². The third-order valence-corrected chi connectivity index (χ3v) is 3.11. The summed E-state index contributed by atoms with van der Waals surface area (Å²) >= 11 is 11.8. The molecule has 2 rings (SSSR count). The number of aliphatic hydroxyl groups is 1. The molecule has 0 radical (unpaired) electrons. The summed E-state index contributed by atoms with van der Waals surface area (Å²) in [5, 5.41) is 9.62. The standard InChI is InChI=1S/C12H11Cl2N3O2/c1-6-8(2-3-18)12(19)17-11(16-6)10-9(14)4-7(13)5-15-10/h4-5,18H,2-3H2,1H3,(H,16,17,19). The molecule has 0 spiro atoms. The fraction of sp³-hybridized carbons (Fsp3) is 0.250. The van der Waals surface area contributed by atoms with Crippen LogP contribution in [0.5, 0.6) is 0 Å². The Bertz CT molecular complexity index is 671. The van der Waals surface area contributed by atoms with E-state index in [4.69, 9.17) is 28.3 Å². The van der Waals surface area contributed by atoms with E-state index in [-0.39, 0.29) is 24.4 Å². The molecule has 100 valence electrons. The Kier molecular flexibility index (Phi) is 4.19. The molecule has 0 amide bonds. The number of hydrogen-bond donors (Lipinski definition) is 2. The highest BCUT2D eigenvalue weighted by atomic mass is 35.5. The summed E-state index contributed by atoms with van der Waals surface area (Å²) in [6, 6.07) is 1.53. The van der Waals surface area contributed by atoms with E-state index in [9.17, 15) is 4.79 Å². The van der Waals surface area contributed by atoms with E-state index < -0.39 is 0 Å². The fourth-order valence-corrected chi connectivity index (χ4v) is 2.19. The summed E-state index contributed by atoms with van der Waals surface area (Å²) in [6.45, 7) is 1.60. The van der Waals surface area contributed by atoms with Crippen LogP contribution in [0.2, 0.25) is 10.0 Å². The molecule has 0 fully saturated rings. The second-order valence-corrected chi connectivity index (χ2v) is 4.78. The van der Waals surface area contributed by atoms with E-state index in [0.717, 1.165) is 0 Å². The first-order valence-electron chi connectivity index (χ1n) is 5.55. The predicted octanol–water partition coefficient (Wildman–Crippen LogP) is 1.98. The van der Waals surface area contributed by atoms with E-state index in [1.165, 1.54) is 12.3 Å². The number of aromatic nitrogens is 3. The Morgan fingerprint density at radius 2 is 2.16 bits per heavy atom. The highest BCUT2D eigenvalue weighted by Crippen LogP contribution is 2.25. The van der Waals surface area contributed by atoms with Gasteiger partial charge in [0.15, 0.2) is 5.82 Å². The van der Waals surface area contributed by atoms with Crippen LogP contribution >= 0.6 is 23.2 Å². The highest BCUT2D eigenvalue weighted by molar-refractivity contribution is 6.35. The lowest BCUT2D eigenvalue weighted by Crippen LogP contribution is -2.18. The number of H-pyrrole nitrogens is 1. The Balaban J connectivity index is 2.55. The topological polar surface area (TPSA) is 78.9 Å². The Morgan fingerprint density at radius 1 is 1.42 bits per heavy atom. The molecule has 0 bridgehead atoms. The summed E-state index contributed by atoms with van der Waals surface area (Å²) in [7, 11) is 0. The molecule has 5 nitrogen and oxygen atoms in total. The second kappa shape index (κ2) is 5.69. The monoisotopic (exact) mass is 299 g/mol. The normalized spacial score (nSPS) is 10.7. The molecule has 2 N–H and O–H groups in total. The zero-order valence-electron chi connectivity index (χ0n) is 10.1. The van der Waals surface area contributed by atoms with Crippen molar-refractivity contribution in [1.82, 2.24) is 15.0 Å². The number of nitrogens with one attached hydrogen (secondary N) is 1. The van der Waals surface area contributed by atoms with Gasteiger partial charge < -0.3 is 10.1 Å². The number of pyridine rings is 1. The van der Waals surface area contributed by atoms with Gasteiger partial charge in [0.25, 0.3) is 5.56 Å². The first kappa shape index (κ1) is 14.0. The van der Waals surface area contributed by atoms with Crippen molar-refractivity contribution in [3.8, 4) is 11.5 Å². The first-order valence-corrected chi connectivity index (χ1v) is 6.30. The zero-order valence-corrected chi connectivity index (χ0v) is 11.6. The maximum Gasteiger partial charge on any atom is 0.254 e. The lowest BCUT2D eigenvalue weighted by molar-refractivity contribution is 0.298. The molecule has 0 aliphatic carbocycles.